The first-order valence-electron chi connectivity index (χ1n) is 10.4. The second kappa shape index (κ2) is 10.6. The number of carbonyl (C=O) groups is 3. The predicted octanol–water partition coefficient (Wildman–Crippen LogP) is -1.01. The summed E-state index contributed by atoms with van der Waals surface area (Å²) in [6.45, 7) is 0.373. The van der Waals surface area contributed by atoms with Crippen LogP contribution in [0.1, 0.15) is 11.1 Å². The number of thioether (sulfide) groups is 2. The van der Waals surface area contributed by atoms with Gasteiger partial charge in [0.15, 0.2) is 0 Å². The maximum atomic E-state index is 12.9. The molecule has 0 saturated carbocycles. The highest BCUT2D eigenvalue weighted by atomic mass is 32.2. The Morgan fingerprint density at radius 2 is 2.00 bits per heavy atom. The fourth-order valence-electron chi connectivity index (χ4n) is 3.82. The first-order valence-corrected chi connectivity index (χ1v) is 13.9. The number of nitrogens with zero attached hydrogens (tertiary/aromatic N) is 4. The normalized spacial score (nSPS) is 20.5. The van der Waals surface area contributed by atoms with E-state index < -0.39 is 50.3 Å². The zero-order valence-electron chi connectivity index (χ0n) is 18.4. The van der Waals surface area contributed by atoms with E-state index >= 15 is 0 Å². The van der Waals surface area contributed by atoms with Gasteiger partial charge in [-0.25, -0.2) is 9.89 Å². The summed E-state index contributed by atoms with van der Waals surface area (Å²) in [5.74, 6) is -3.26. The molecule has 2 aliphatic heterocycles. The Morgan fingerprint density at radius 1 is 1.31 bits per heavy atom. The molecule has 36 heavy (non-hydrogen) atoms. The molecule has 3 heterocycles. The largest absolute Gasteiger partial charge is 0.477 e. The van der Waals surface area contributed by atoms with E-state index in [0.717, 1.165) is 27.8 Å². The number of benzene rings is 1. The molecule has 0 spiro atoms. The zero-order valence-corrected chi connectivity index (χ0v) is 20.8. The number of rotatable bonds is 10. The molecule has 0 aliphatic carbocycles. The molecule has 14 nitrogen and oxygen atoms in total. The highest BCUT2D eigenvalue weighted by molar-refractivity contribution is 8.01. The van der Waals surface area contributed by atoms with Gasteiger partial charge in [0.05, 0.1) is 17.4 Å². The Kier molecular flexibility index (Phi) is 7.65. The molecular formula is C19H21N7O7S3. The number of β-lactam (4-membered cyclic amide) rings is 1. The van der Waals surface area contributed by atoms with Gasteiger partial charge in [-0.1, -0.05) is 36.0 Å². The van der Waals surface area contributed by atoms with E-state index in [4.69, 9.17) is 5.73 Å². The van der Waals surface area contributed by atoms with Gasteiger partial charge in [-0.2, -0.15) is 8.42 Å². The lowest BCUT2D eigenvalue weighted by Gasteiger charge is -2.50. The summed E-state index contributed by atoms with van der Waals surface area (Å²) in [4.78, 5) is 38.7. The van der Waals surface area contributed by atoms with Crippen LogP contribution in [0.4, 0.5) is 0 Å². The Balaban J connectivity index is 1.52. The minimum atomic E-state index is -4.52. The van der Waals surface area contributed by atoms with E-state index in [0.29, 0.717) is 6.54 Å². The summed E-state index contributed by atoms with van der Waals surface area (Å²) < 4.78 is 32.7. The van der Waals surface area contributed by atoms with Crippen molar-refractivity contribution in [2.24, 2.45) is 5.73 Å². The lowest BCUT2D eigenvalue weighted by Crippen LogP contribution is -2.70. The molecule has 192 valence electrons. The summed E-state index contributed by atoms with van der Waals surface area (Å²) in [6.07, 6.45) is 0.0250. The molecule has 0 bridgehead atoms. The lowest BCUT2D eigenvalue weighted by atomic mass is 10.0. The molecule has 17 heteroatoms. The van der Waals surface area contributed by atoms with E-state index in [1.54, 1.807) is 24.3 Å². The number of nitrogens with two attached hydrogens (primary N) is 1. The molecule has 4 rings (SSSR count). The molecule has 2 aromatic rings. The smallest absolute Gasteiger partial charge is 0.352 e. The molecule has 2 unspecified atom stereocenters. The van der Waals surface area contributed by atoms with Gasteiger partial charge in [-0.3, -0.25) is 19.0 Å². The van der Waals surface area contributed by atoms with Crippen LogP contribution >= 0.6 is 23.5 Å². The van der Waals surface area contributed by atoms with Crippen LogP contribution in [0.25, 0.3) is 0 Å². The SMILES string of the molecule is NCc1ccc(CC(=O)NC2C(=O)N3C(C(=O)O)=C(C(CS(=O)(=O)O)Sc4nnn[nH]4)CS[C@@H]23)cc1. The zero-order chi connectivity index (χ0) is 26.0. The maximum Gasteiger partial charge on any atom is 0.352 e. The van der Waals surface area contributed by atoms with Crippen molar-refractivity contribution in [3.05, 3.63) is 46.7 Å². The highest BCUT2D eigenvalue weighted by Gasteiger charge is 2.55. The van der Waals surface area contributed by atoms with Crippen LogP contribution in [0.2, 0.25) is 0 Å². The molecule has 1 aromatic heterocycles. The van der Waals surface area contributed by atoms with Gasteiger partial charge in [0, 0.05) is 12.3 Å². The topological polar surface area (TPSA) is 222 Å². The minimum absolute atomic E-state index is 0.0250. The number of carbonyl (C=O) groups excluding carboxylic acids is 2. The van der Waals surface area contributed by atoms with Crippen molar-refractivity contribution in [2.75, 3.05) is 11.5 Å². The van der Waals surface area contributed by atoms with Crippen LogP contribution in [0.3, 0.4) is 0 Å². The number of hydrogen-bond acceptors (Lipinski definition) is 11. The quantitative estimate of drug-likeness (QED) is 0.135. The van der Waals surface area contributed by atoms with Gasteiger partial charge < -0.3 is 16.2 Å². The number of aromatic amines is 1. The molecule has 6 N–H and O–H groups in total. The number of fused-ring (bicyclic) bond motifs is 1. The fraction of sp³-hybridized carbons (Fsp3) is 0.368. The molecule has 1 saturated heterocycles. The van der Waals surface area contributed by atoms with Gasteiger partial charge in [0.2, 0.25) is 11.1 Å². The van der Waals surface area contributed by atoms with Crippen molar-refractivity contribution in [3.8, 4) is 0 Å². The van der Waals surface area contributed by atoms with Gasteiger partial charge in [-0.15, -0.1) is 16.9 Å². The first-order chi connectivity index (χ1) is 17.1. The Labute approximate surface area is 213 Å². The van der Waals surface area contributed by atoms with Gasteiger partial charge in [-0.05, 0) is 27.1 Å². The van der Waals surface area contributed by atoms with Crippen LogP contribution in [-0.4, -0.2) is 89.6 Å². The summed E-state index contributed by atoms with van der Waals surface area (Å²) in [5.41, 5.74) is 6.94. The fourth-order valence-corrected chi connectivity index (χ4v) is 7.51. The average Bonchev–Trinajstić information content (AvgIpc) is 3.33. The minimum Gasteiger partial charge on any atom is -0.477 e. The van der Waals surface area contributed by atoms with Crippen molar-refractivity contribution < 1.29 is 32.5 Å². The first kappa shape index (κ1) is 26.1. The molecule has 2 aliphatic rings. The lowest BCUT2D eigenvalue weighted by molar-refractivity contribution is -0.150. The van der Waals surface area contributed by atoms with Crippen LogP contribution in [-0.2, 0) is 37.5 Å². The van der Waals surface area contributed by atoms with Gasteiger partial charge in [0.25, 0.3) is 16.0 Å². The van der Waals surface area contributed by atoms with E-state index in [9.17, 15) is 32.5 Å². The number of tetrazole rings is 1. The molecule has 0 radical (unpaired) electrons. The number of hydrogen-bond donors (Lipinski definition) is 5. The molecule has 1 aromatic carbocycles. The summed E-state index contributed by atoms with van der Waals surface area (Å²) >= 11 is 1.99. The number of H-pyrrole nitrogens is 1. The third-order valence-electron chi connectivity index (χ3n) is 5.47. The molecule has 1 fully saturated rings. The monoisotopic (exact) mass is 555 g/mol. The van der Waals surface area contributed by atoms with Crippen molar-refractivity contribution in [1.82, 2.24) is 30.8 Å². The molecule has 2 amide bonds. The van der Waals surface area contributed by atoms with Crippen LogP contribution in [0.5, 0.6) is 0 Å². The van der Waals surface area contributed by atoms with E-state index in [1.165, 1.54) is 11.8 Å². The molecular weight excluding hydrogens is 534 g/mol. The number of amides is 2. The number of aromatic nitrogens is 4. The van der Waals surface area contributed by atoms with E-state index in [1.807, 2.05) is 0 Å². The second-order valence-electron chi connectivity index (χ2n) is 7.89. The Bertz CT molecular complexity index is 1300. The number of aliphatic carboxylic acids is 1. The highest BCUT2D eigenvalue weighted by Crippen LogP contribution is 2.43. The summed E-state index contributed by atoms with van der Waals surface area (Å²) in [6, 6.07) is 6.20. The second-order valence-corrected chi connectivity index (χ2v) is 11.7. The summed E-state index contributed by atoms with van der Waals surface area (Å²) in [7, 11) is -4.52. The van der Waals surface area contributed by atoms with E-state index in [2.05, 4.69) is 25.9 Å². The van der Waals surface area contributed by atoms with Crippen LogP contribution in [0.15, 0.2) is 40.7 Å². The summed E-state index contributed by atoms with van der Waals surface area (Å²) in [5, 5.41) is 23.8. The third kappa shape index (κ3) is 5.70. The van der Waals surface area contributed by atoms with Crippen molar-refractivity contribution >= 4 is 51.4 Å². The predicted molar refractivity (Wildman–Crippen MR) is 128 cm³/mol. The van der Waals surface area contributed by atoms with Crippen molar-refractivity contribution in [3.63, 3.8) is 0 Å². The Hall–Kier alpha value is -2.99. The standard InChI is InChI=1S/C19H21N7O7S3/c20-6-10-3-1-9(2-4-10)5-13(27)21-14-16(28)26-15(18(29)30)11(7-34-17(14)26)12(8-36(31,32)33)35-19-22-24-25-23-19/h1-4,12,14,17H,5-8,20H2,(H,21,27)(H,29,30)(H,31,32,33)(H,22,23,24,25)/t12?,14?,17-/m0/s1. The van der Waals surface area contributed by atoms with E-state index in [-0.39, 0.29) is 28.6 Å². The van der Waals surface area contributed by atoms with Crippen LogP contribution < -0.4 is 11.1 Å². The Morgan fingerprint density at radius 3 is 2.58 bits per heavy atom. The number of nitrogens with one attached hydrogen (secondary N) is 2. The van der Waals surface area contributed by atoms with Crippen molar-refractivity contribution in [1.29, 1.82) is 0 Å². The number of carboxylic acids is 1. The average molecular weight is 556 g/mol. The molecule has 3 atom stereocenters. The number of carboxylic acid groups (broad SMARTS) is 1. The van der Waals surface area contributed by atoms with Crippen molar-refractivity contribution in [2.45, 2.75) is 34.8 Å². The van der Waals surface area contributed by atoms with Gasteiger partial charge in [0.1, 0.15) is 17.1 Å². The maximum absolute atomic E-state index is 12.9. The van der Waals surface area contributed by atoms with Gasteiger partial charge >= 0.3 is 5.97 Å². The van der Waals surface area contributed by atoms with Crippen LogP contribution in [0, 0.1) is 0 Å². The third-order valence-corrected chi connectivity index (χ3v) is 8.87.